The second kappa shape index (κ2) is 13.0. The molecule has 7 aliphatic rings. The number of fused-ring (bicyclic) bond motifs is 2. The van der Waals surface area contributed by atoms with Crippen molar-refractivity contribution >= 4 is 0 Å². The van der Waals surface area contributed by atoms with Gasteiger partial charge in [0.1, 0.15) is 0 Å². The molecule has 4 bridgehead atoms. The Morgan fingerprint density at radius 3 is 1.50 bits per heavy atom. The molecule has 3 saturated heterocycles. The molecule has 0 spiro atoms. The van der Waals surface area contributed by atoms with E-state index in [1.807, 2.05) is 0 Å². The van der Waals surface area contributed by atoms with E-state index < -0.39 is 0 Å². The molecule has 50 heavy (non-hydrogen) atoms. The Labute approximate surface area is 298 Å². The summed E-state index contributed by atoms with van der Waals surface area (Å²) in [6.07, 6.45) is 16.8. The Morgan fingerprint density at radius 2 is 1.06 bits per heavy atom. The molecule has 8 heteroatoms. The number of likely N-dealkylation sites (tertiary alicyclic amines) is 2. The van der Waals surface area contributed by atoms with Crippen molar-refractivity contribution in [1.82, 2.24) is 29.6 Å². The van der Waals surface area contributed by atoms with Crippen LogP contribution in [-0.4, -0.2) is 95.0 Å². The number of rotatable bonds is 8. The van der Waals surface area contributed by atoms with E-state index in [1.54, 1.807) is 12.1 Å². The van der Waals surface area contributed by atoms with Crippen molar-refractivity contribution in [2.24, 2.45) is 23.7 Å². The molecule has 5 heterocycles. The molecule has 0 saturated carbocycles. The molecule has 4 aliphatic carbocycles. The fraction of sp³-hybridized carbons (Fsp3) is 0.667. The average Bonchev–Trinajstić information content (AvgIpc) is 3.08. The second-order valence-corrected chi connectivity index (χ2v) is 17.3. The summed E-state index contributed by atoms with van der Waals surface area (Å²) in [4.78, 5) is 42.2. The lowest BCUT2D eigenvalue weighted by Gasteiger charge is -2.59. The van der Waals surface area contributed by atoms with Crippen LogP contribution in [0.1, 0.15) is 87.7 Å². The SMILES string of the molecule is CC1=C[C@H]2Cc3[nH]c(=O)ccc3[C@@]3(C1)[C@@H]2CCCN3CCCN1CCN(CCCN2CCC[C@@H]3[C@H]4C=C(C)C[C@]32c2ccc(=O)[nH]c2C4)CC1. The van der Waals surface area contributed by atoms with E-state index in [-0.39, 0.29) is 22.2 Å². The first-order valence-corrected chi connectivity index (χ1v) is 20.1. The lowest BCUT2D eigenvalue weighted by Crippen LogP contribution is -2.61. The minimum atomic E-state index is 0.0437. The molecule has 8 nitrogen and oxygen atoms in total. The summed E-state index contributed by atoms with van der Waals surface area (Å²) in [5.41, 5.74) is 8.46. The normalized spacial score (nSPS) is 34.2. The van der Waals surface area contributed by atoms with Gasteiger partial charge in [0.15, 0.2) is 0 Å². The third-order valence-corrected chi connectivity index (χ3v) is 14.5. The lowest BCUT2D eigenvalue weighted by molar-refractivity contribution is -0.0479. The molecular formula is C42H58N6O2. The van der Waals surface area contributed by atoms with Gasteiger partial charge in [-0.15, -0.1) is 0 Å². The summed E-state index contributed by atoms with van der Waals surface area (Å²) < 4.78 is 0. The Bertz CT molecular complexity index is 1650. The van der Waals surface area contributed by atoms with Crippen LogP contribution in [0.2, 0.25) is 0 Å². The summed E-state index contributed by atoms with van der Waals surface area (Å²) in [7, 11) is 0. The number of aromatic nitrogens is 2. The number of piperazine rings is 1. The van der Waals surface area contributed by atoms with E-state index in [9.17, 15) is 9.59 Å². The van der Waals surface area contributed by atoms with Gasteiger partial charge in [0.25, 0.3) is 0 Å². The van der Waals surface area contributed by atoms with E-state index in [1.165, 1.54) is 125 Å². The van der Waals surface area contributed by atoms with Gasteiger partial charge in [-0.05, 0) is 151 Å². The topological polar surface area (TPSA) is 78.7 Å². The Kier molecular flexibility index (Phi) is 8.61. The van der Waals surface area contributed by atoms with Crippen LogP contribution in [0.5, 0.6) is 0 Å². The first kappa shape index (κ1) is 33.1. The predicted octanol–water partition coefficient (Wildman–Crippen LogP) is 5.02. The van der Waals surface area contributed by atoms with Crippen LogP contribution < -0.4 is 11.1 Å². The zero-order chi connectivity index (χ0) is 34.0. The molecule has 9 rings (SSSR count). The van der Waals surface area contributed by atoms with Crippen molar-refractivity contribution in [2.45, 2.75) is 89.1 Å². The molecule has 2 aromatic heterocycles. The number of nitrogens with one attached hydrogen (secondary N) is 2. The van der Waals surface area contributed by atoms with Crippen LogP contribution in [0.4, 0.5) is 0 Å². The summed E-state index contributed by atoms with van der Waals surface area (Å²) in [6.45, 7) is 16.3. The predicted molar refractivity (Wildman–Crippen MR) is 199 cm³/mol. The number of allylic oxidation sites excluding steroid dienone is 2. The Balaban J connectivity index is 0.797. The molecule has 3 fully saturated rings. The van der Waals surface area contributed by atoms with Gasteiger partial charge >= 0.3 is 0 Å². The zero-order valence-electron chi connectivity index (χ0n) is 30.5. The molecule has 2 aromatic rings. The number of H-pyrrole nitrogens is 2. The number of hydrogen-bond acceptors (Lipinski definition) is 6. The molecule has 0 amide bonds. The molecule has 3 aliphatic heterocycles. The molecule has 0 radical (unpaired) electrons. The maximum atomic E-state index is 12.3. The zero-order valence-corrected chi connectivity index (χ0v) is 30.5. The van der Waals surface area contributed by atoms with Crippen molar-refractivity contribution in [1.29, 1.82) is 0 Å². The highest BCUT2D eigenvalue weighted by molar-refractivity contribution is 5.41. The third kappa shape index (κ3) is 5.46. The first-order valence-electron chi connectivity index (χ1n) is 20.1. The molecular weight excluding hydrogens is 621 g/mol. The molecule has 6 atom stereocenters. The van der Waals surface area contributed by atoms with Crippen LogP contribution in [0.15, 0.2) is 57.2 Å². The van der Waals surface area contributed by atoms with Crippen LogP contribution in [0.25, 0.3) is 0 Å². The largest absolute Gasteiger partial charge is 0.326 e. The van der Waals surface area contributed by atoms with E-state index in [2.05, 4.69) is 67.7 Å². The van der Waals surface area contributed by atoms with E-state index in [4.69, 9.17) is 0 Å². The van der Waals surface area contributed by atoms with E-state index >= 15 is 0 Å². The maximum absolute atomic E-state index is 12.3. The Hall–Kier alpha value is -2.78. The van der Waals surface area contributed by atoms with E-state index in [0.29, 0.717) is 23.7 Å². The average molecular weight is 679 g/mol. The van der Waals surface area contributed by atoms with Gasteiger partial charge in [0, 0.05) is 62.8 Å². The number of pyridine rings is 2. The smallest absolute Gasteiger partial charge is 0.248 e. The van der Waals surface area contributed by atoms with E-state index in [0.717, 1.165) is 38.8 Å². The van der Waals surface area contributed by atoms with Crippen molar-refractivity contribution in [2.75, 3.05) is 65.4 Å². The third-order valence-electron chi connectivity index (χ3n) is 14.5. The van der Waals surface area contributed by atoms with Crippen molar-refractivity contribution in [3.63, 3.8) is 0 Å². The van der Waals surface area contributed by atoms with Crippen molar-refractivity contribution in [3.8, 4) is 0 Å². The van der Waals surface area contributed by atoms with Gasteiger partial charge in [0.05, 0.1) is 11.1 Å². The highest BCUT2D eigenvalue weighted by Crippen LogP contribution is 2.58. The summed E-state index contributed by atoms with van der Waals surface area (Å²) in [5.74, 6) is 2.42. The van der Waals surface area contributed by atoms with Gasteiger partial charge in [-0.2, -0.15) is 0 Å². The summed E-state index contributed by atoms with van der Waals surface area (Å²) >= 11 is 0. The minimum absolute atomic E-state index is 0.0437. The molecule has 2 N–H and O–H groups in total. The lowest BCUT2D eigenvalue weighted by atomic mass is 9.56. The fourth-order valence-corrected chi connectivity index (χ4v) is 12.7. The summed E-state index contributed by atoms with van der Waals surface area (Å²) in [5, 5.41) is 0. The maximum Gasteiger partial charge on any atom is 0.248 e. The van der Waals surface area contributed by atoms with Crippen molar-refractivity contribution in [3.05, 3.63) is 90.8 Å². The monoisotopic (exact) mass is 678 g/mol. The molecule has 0 aromatic carbocycles. The quantitative estimate of drug-likeness (QED) is 0.382. The minimum Gasteiger partial charge on any atom is -0.326 e. The number of piperidine rings is 2. The Morgan fingerprint density at radius 1 is 0.620 bits per heavy atom. The fourth-order valence-electron chi connectivity index (χ4n) is 12.7. The number of nitrogens with zero attached hydrogens (tertiary/aromatic N) is 4. The number of aromatic amines is 2. The molecule has 0 unspecified atom stereocenters. The van der Waals surface area contributed by atoms with Gasteiger partial charge < -0.3 is 19.8 Å². The van der Waals surface area contributed by atoms with Gasteiger partial charge in [-0.3, -0.25) is 19.4 Å². The van der Waals surface area contributed by atoms with Crippen LogP contribution >= 0.6 is 0 Å². The van der Waals surface area contributed by atoms with Crippen molar-refractivity contribution < 1.29 is 0 Å². The van der Waals surface area contributed by atoms with Crippen LogP contribution in [0, 0.1) is 23.7 Å². The van der Waals surface area contributed by atoms with Gasteiger partial charge in [-0.1, -0.05) is 23.3 Å². The van der Waals surface area contributed by atoms with Gasteiger partial charge in [0.2, 0.25) is 11.1 Å². The first-order chi connectivity index (χ1) is 24.3. The number of hydrogen-bond donors (Lipinski definition) is 2. The standard InChI is InChI=1S/C42H58N6O2/c1-29-23-31-25-37-35(9-11-39(49)43-37)41(27-29)33(31)7-3-15-47(41)17-5-13-45-19-21-46(22-20-45)14-6-18-48-16-4-8-34-32-24-30(2)28-42(34,48)36-10-12-40(50)44-38(36)26-32/h9-12,23-24,31-34H,3-8,13-22,25-28H2,1-2H3,(H,43,49)(H,44,50)/t31-,32-,33+,34+,41+,42+/m0/s1. The van der Waals surface area contributed by atoms with Gasteiger partial charge in [-0.25, -0.2) is 0 Å². The van der Waals surface area contributed by atoms with Crippen LogP contribution in [0.3, 0.4) is 0 Å². The second-order valence-electron chi connectivity index (χ2n) is 17.3. The van der Waals surface area contributed by atoms with Crippen LogP contribution in [-0.2, 0) is 23.9 Å². The summed E-state index contributed by atoms with van der Waals surface area (Å²) in [6, 6.07) is 7.90. The highest BCUT2D eigenvalue weighted by atomic mass is 16.1. The molecule has 268 valence electrons. The highest BCUT2D eigenvalue weighted by Gasteiger charge is 2.56.